The lowest BCUT2D eigenvalue weighted by atomic mass is 9.90. The Morgan fingerprint density at radius 3 is 2.27 bits per heavy atom. The summed E-state index contributed by atoms with van der Waals surface area (Å²) >= 11 is 5.84. The third-order valence-corrected chi connectivity index (χ3v) is 4.19. The van der Waals surface area contributed by atoms with Gasteiger partial charge in [-0.25, -0.2) is 4.79 Å². The number of urea groups is 1. The first-order valence-corrected chi connectivity index (χ1v) is 7.98. The lowest BCUT2D eigenvalue weighted by Gasteiger charge is -2.32. The van der Waals surface area contributed by atoms with E-state index in [1.807, 2.05) is 12.1 Å². The Labute approximate surface area is 135 Å². The molecule has 0 aliphatic heterocycles. The maximum absolute atomic E-state index is 12.2. The van der Waals surface area contributed by atoms with E-state index in [1.54, 1.807) is 19.2 Å². The van der Waals surface area contributed by atoms with Gasteiger partial charge in [0, 0.05) is 18.1 Å². The van der Waals surface area contributed by atoms with E-state index in [2.05, 4.69) is 16.0 Å². The van der Waals surface area contributed by atoms with Crippen molar-refractivity contribution in [3.63, 3.8) is 0 Å². The minimum absolute atomic E-state index is 0.00847. The summed E-state index contributed by atoms with van der Waals surface area (Å²) in [6.07, 6.45) is 4.23. The van der Waals surface area contributed by atoms with Gasteiger partial charge >= 0.3 is 6.03 Å². The van der Waals surface area contributed by atoms with Crippen LogP contribution < -0.4 is 16.0 Å². The van der Waals surface area contributed by atoms with Crippen molar-refractivity contribution in [1.82, 2.24) is 16.0 Å². The van der Waals surface area contributed by atoms with Gasteiger partial charge in [0.1, 0.15) is 0 Å². The zero-order valence-corrected chi connectivity index (χ0v) is 13.5. The minimum atomic E-state index is -0.205. The number of nitrogens with one attached hydrogen (secondary N) is 3. The molecule has 0 aromatic heterocycles. The average Bonchev–Trinajstić information content (AvgIpc) is 2.51. The van der Waals surface area contributed by atoms with Crippen molar-refractivity contribution in [2.75, 3.05) is 7.05 Å². The van der Waals surface area contributed by atoms with Crippen LogP contribution in [0.1, 0.15) is 31.2 Å². The monoisotopic (exact) mass is 323 g/mol. The van der Waals surface area contributed by atoms with E-state index >= 15 is 0 Å². The fourth-order valence-corrected chi connectivity index (χ4v) is 2.89. The molecule has 3 amide bonds. The molecule has 1 aliphatic rings. The van der Waals surface area contributed by atoms with Gasteiger partial charge in [-0.15, -0.1) is 0 Å². The van der Waals surface area contributed by atoms with Crippen molar-refractivity contribution in [2.45, 2.75) is 44.2 Å². The van der Waals surface area contributed by atoms with Crippen LogP contribution >= 0.6 is 11.6 Å². The van der Waals surface area contributed by atoms with Gasteiger partial charge in [-0.3, -0.25) is 4.79 Å². The molecule has 3 N–H and O–H groups in total. The van der Waals surface area contributed by atoms with Crippen molar-refractivity contribution < 1.29 is 9.59 Å². The lowest BCUT2D eigenvalue weighted by molar-refractivity contribution is -0.121. The average molecular weight is 324 g/mol. The molecule has 1 aromatic rings. The Bertz CT molecular complexity index is 519. The summed E-state index contributed by atoms with van der Waals surface area (Å²) in [6.45, 7) is 0. The molecular formula is C16H22ClN3O2. The second kappa shape index (κ2) is 8.03. The lowest BCUT2D eigenvalue weighted by Crippen LogP contribution is -2.55. The van der Waals surface area contributed by atoms with E-state index in [4.69, 9.17) is 11.6 Å². The van der Waals surface area contributed by atoms with Crippen LogP contribution in [-0.2, 0) is 11.2 Å². The third-order valence-electron chi connectivity index (χ3n) is 3.93. The Balaban J connectivity index is 1.90. The number of rotatable bonds is 4. The summed E-state index contributed by atoms with van der Waals surface area (Å²) in [7, 11) is 1.59. The van der Waals surface area contributed by atoms with Crippen molar-refractivity contribution >= 4 is 23.5 Å². The summed E-state index contributed by atoms with van der Waals surface area (Å²) < 4.78 is 0. The van der Waals surface area contributed by atoms with Gasteiger partial charge in [-0.05, 0) is 30.5 Å². The molecule has 2 unspecified atom stereocenters. The topological polar surface area (TPSA) is 70.2 Å². The summed E-state index contributed by atoms with van der Waals surface area (Å²) in [5, 5.41) is 9.17. The van der Waals surface area contributed by atoms with Crippen LogP contribution in [-0.4, -0.2) is 31.1 Å². The number of benzene rings is 1. The van der Waals surface area contributed by atoms with Gasteiger partial charge < -0.3 is 16.0 Å². The fraction of sp³-hybridized carbons (Fsp3) is 0.500. The summed E-state index contributed by atoms with van der Waals surface area (Å²) in [4.78, 5) is 23.7. The largest absolute Gasteiger partial charge is 0.351 e. The highest BCUT2D eigenvalue weighted by Gasteiger charge is 2.27. The molecule has 0 bridgehead atoms. The summed E-state index contributed by atoms with van der Waals surface area (Å²) in [5.74, 6) is -0.0297. The van der Waals surface area contributed by atoms with Crippen LogP contribution in [0.25, 0.3) is 0 Å². The maximum Gasteiger partial charge on any atom is 0.314 e. The molecule has 22 heavy (non-hydrogen) atoms. The Morgan fingerprint density at radius 2 is 1.68 bits per heavy atom. The quantitative estimate of drug-likeness (QED) is 0.795. The van der Waals surface area contributed by atoms with Gasteiger partial charge in [-0.1, -0.05) is 36.6 Å². The van der Waals surface area contributed by atoms with Crippen molar-refractivity contribution in [2.24, 2.45) is 0 Å². The van der Waals surface area contributed by atoms with Gasteiger partial charge in [0.15, 0.2) is 0 Å². The number of hydrogen-bond donors (Lipinski definition) is 3. The van der Waals surface area contributed by atoms with Gasteiger partial charge in [0.05, 0.1) is 12.5 Å². The smallest absolute Gasteiger partial charge is 0.314 e. The van der Waals surface area contributed by atoms with Gasteiger partial charge in [-0.2, -0.15) is 0 Å². The van der Waals surface area contributed by atoms with E-state index in [1.165, 1.54) is 0 Å². The normalized spacial score (nSPS) is 21.0. The molecule has 5 nitrogen and oxygen atoms in total. The minimum Gasteiger partial charge on any atom is -0.351 e. The number of hydrogen-bond acceptors (Lipinski definition) is 2. The molecule has 0 spiro atoms. The molecule has 1 saturated carbocycles. The summed E-state index contributed by atoms with van der Waals surface area (Å²) in [6, 6.07) is 7.03. The molecule has 0 heterocycles. The molecule has 2 atom stereocenters. The van der Waals surface area contributed by atoms with E-state index in [-0.39, 0.29) is 24.0 Å². The SMILES string of the molecule is CNC(=O)NC1CCCCC1NC(=O)Cc1ccc(Cl)cc1. The first-order valence-electron chi connectivity index (χ1n) is 7.60. The molecule has 6 heteroatoms. The predicted molar refractivity (Wildman–Crippen MR) is 86.9 cm³/mol. The molecule has 1 aliphatic carbocycles. The van der Waals surface area contributed by atoms with Crippen molar-refractivity contribution in [3.8, 4) is 0 Å². The number of halogens is 1. The van der Waals surface area contributed by atoms with E-state index in [0.717, 1.165) is 31.2 Å². The standard InChI is InChI=1S/C16H22ClN3O2/c1-18-16(22)20-14-5-3-2-4-13(14)19-15(21)10-11-6-8-12(17)9-7-11/h6-9,13-14H,2-5,10H2,1H3,(H,19,21)(H2,18,20,22). The predicted octanol–water partition coefficient (Wildman–Crippen LogP) is 2.24. The van der Waals surface area contributed by atoms with Gasteiger partial charge in [0.2, 0.25) is 5.91 Å². The highest BCUT2D eigenvalue weighted by atomic mass is 35.5. The summed E-state index contributed by atoms with van der Waals surface area (Å²) in [5.41, 5.74) is 0.925. The second-order valence-electron chi connectivity index (χ2n) is 5.59. The third kappa shape index (κ3) is 4.91. The molecule has 120 valence electrons. The van der Waals surface area contributed by atoms with Crippen LogP contribution in [0.15, 0.2) is 24.3 Å². The van der Waals surface area contributed by atoms with Crippen molar-refractivity contribution in [1.29, 1.82) is 0 Å². The number of amides is 3. The highest BCUT2D eigenvalue weighted by Crippen LogP contribution is 2.19. The molecule has 2 rings (SSSR count). The van der Waals surface area contributed by atoms with Gasteiger partial charge in [0.25, 0.3) is 0 Å². The Kier molecular flexibility index (Phi) is 6.07. The Hall–Kier alpha value is -1.75. The number of carbonyl (C=O) groups is 2. The van der Waals surface area contributed by atoms with Crippen molar-refractivity contribution in [3.05, 3.63) is 34.9 Å². The molecule has 0 saturated heterocycles. The van der Waals surface area contributed by atoms with Crippen LogP contribution in [0.5, 0.6) is 0 Å². The van der Waals surface area contributed by atoms with Crippen LogP contribution in [0, 0.1) is 0 Å². The maximum atomic E-state index is 12.2. The Morgan fingerprint density at radius 1 is 1.09 bits per heavy atom. The van der Waals surface area contributed by atoms with Crippen LogP contribution in [0.3, 0.4) is 0 Å². The zero-order chi connectivity index (χ0) is 15.9. The first-order chi connectivity index (χ1) is 10.6. The number of carbonyl (C=O) groups excluding carboxylic acids is 2. The fourth-order valence-electron chi connectivity index (χ4n) is 2.76. The van der Waals surface area contributed by atoms with E-state index in [9.17, 15) is 9.59 Å². The molecule has 1 aromatic carbocycles. The van der Waals surface area contributed by atoms with Crippen LogP contribution in [0.4, 0.5) is 4.79 Å². The highest BCUT2D eigenvalue weighted by molar-refractivity contribution is 6.30. The first kappa shape index (κ1) is 16.6. The zero-order valence-electron chi connectivity index (χ0n) is 12.7. The molecule has 1 fully saturated rings. The van der Waals surface area contributed by atoms with Crippen LogP contribution in [0.2, 0.25) is 5.02 Å². The molecule has 0 radical (unpaired) electrons. The van der Waals surface area contributed by atoms with E-state index in [0.29, 0.717) is 11.4 Å². The molecular weight excluding hydrogens is 302 g/mol. The second-order valence-corrected chi connectivity index (χ2v) is 6.03. The van der Waals surface area contributed by atoms with E-state index < -0.39 is 0 Å².